The Morgan fingerprint density at radius 2 is 2.19 bits per heavy atom. The Hall–Kier alpha value is -1.62. The quantitative estimate of drug-likeness (QED) is 0.681. The summed E-state index contributed by atoms with van der Waals surface area (Å²) < 4.78 is 0. The van der Waals surface area contributed by atoms with Gasteiger partial charge < -0.3 is 16.0 Å². The van der Waals surface area contributed by atoms with E-state index in [0.29, 0.717) is 6.54 Å². The van der Waals surface area contributed by atoms with Crippen LogP contribution in [0.2, 0.25) is 0 Å². The molecule has 2 aliphatic rings. The zero-order valence-corrected chi connectivity index (χ0v) is 9.03. The molecular weight excluding hydrogens is 206 g/mol. The molecule has 1 heterocycles. The first kappa shape index (κ1) is 10.9. The number of hydrogen-bond donors (Lipinski definition) is 2. The number of allylic oxidation sites excluding steroid dienone is 2. The third-order valence-corrected chi connectivity index (χ3v) is 2.65. The lowest BCUT2D eigenvalue weighted by Crippen LogP contribution is -2.48. The third kappa shape index (κ3) is 1.99. The first-order valence-electron chi connectivity index (χ1n) is 5.43. The van der Waals surface area contributed by atoms with Crippen LogP contribution in [0.4, 0.5) is 0 Å². The molecule has 0 bridgehead atoms. The summed E-state index contributed by atoms with van der Waals surface area (Å²) in [5, 5.41) is 2.77. The Bertz CT molecular complexity index is 385. The van der Waals surface area contributed by atoms with Crippen molar-refractivity contribution < 1.29 is 9.59 Å². The summed E-state index contributed by atoms with van der Waals surface area (Å²) >= 11 is 0. The molecule has 0 unspecified atom stereocenters. The van der Waals surface area contributed by atoms with Crippen molar-refractivity contribution in [2.75, 3.05) is 13.1 Å². The molecule has 1 aliphatic heterocycles. The highest BCUT2D eigenvalue weighted by Gasteiger charge is 2.29. The Morgan fingerprint density at radius 3 is 2.94 bits per heavy atom. The lowest BCUT2D eigenvalue weighted by atomic mass is 10.0. The Morgan fingerprint density at radius 1 is 1.44 bits per heavy atom. The van der Waals surface area contributed by atoms with Gasteiger partial charge in [-0.3, -0.25) is 9.59 Å². The number of carbonyl (C=O) groups excluding carboxylic acids is 2. The molecule has 0 aromatic rings. The van der Waals surface area contributed by atoms with Gasteiger partial charge in [-0.2, -0.15) is 0 Å². The van der Waals surface area contributed by atoms with Gasteiger partial charge in [0.2, 0.25) is 11.8 Å². The fraction of sp³-hybridized carbons (Fsp3) is 0.455. The summed E-state index contributed by atoms with van der Waals surface area (Å²) in [5.74, 6) is -0.230. The standard InChI is InChI=1S/C11H15N3O2/c12-6-5-11(16)14-7-10(15)13-8-3-1-2-4-9(8)14/h3-4H,1-2,5-7,12H2,(H,13,15). The van der Waals surface area contributed by atoms with Crippen molar-refractivity contribution in [2.45, 2.75) is 19.3 Å². The number of carbonyl (C=O) groups is 2. The monoisotopic (exact) mass is 221 g/mol. The topological polar surface area (TPSA) is 75.4 Å². The molecule has 1 aliphatic carbocycles. The van der Waals surface area contributed by atoms with Gasteiger partial charge in [0, 0.05) is 13.0 Å². The number of amides is 2. The van der Waals surface area contributed by atoms with E-state index in [1.54, 1.807) is 0 Å². The van der Waals surface area contributed by atoms with Gasteiger partial charge >= 0.3 is 0 Å². The van der Waals surface area contributed by atoms with Gasteiger partial charge in [0.05, 0.1) is 11.4 Å². The van der Waals surface area contributed by atoms with E-state index in [1.165, 1.54) is 4.90 Å². The molecule has 0 aromatic heterocycles. The van der Waals surface area contributed by atoms with Crippen LogP contribution in [0.15, 0.2) is 23.5 Å². The van der Waals surface area contributed by atoms with Crippen molar-refractivity contribution in [1.82, 2.24) is 10.2 Å². The largest absolute Gasteiger partial charge is 0.330 e. The number of nitrogens with one attached hydrogen (secondary N) is 1. The van der Waals surface area contributed by atoms with Crippen molar-refractivity contribution in [2.24, 2.45) is 5.73 Å². The molecule has 3 N–H and O–H groups in total. The average molecular weight is 221 g/mol. The second-order valence-corrected chi connectivity index (χ2v) is 3.85. The van der Waals surface area contributed by atoms with Crippen molar-refractivity contribution in [1.29, 1.82) is 0 Å². The first-order valence-corrected chi connectivity index (χ1v) is 5.43. The molecule has 0 aromatic carbocycles. The minimum Gasteiger partial charge on any atom is -0.330 e. The summed E-state index contributed by atoms with van der Waals surface area (Å²) in [6.45, 7) is 0.408. The maximum atomic E-state index is 11.8. The van der Waals surface area contributed by atoms with Crippen molar-refractivity contribution in [3.8, 4) is 0 Å². The van der Waals surface area contributed by atoms with Crippen LogP contribution in [0.5, 0.6) is 0 Å². The zero-order valence-electron chi connectivity index (χ0n) is 9.03. The Labute approximate surface area is 94.0 Å². The van der Waals surface area contributed by atoms with Crippen molar-refractivity contribution in [3.63, 3.8) is 0 Å². The van der Waals surface area contributed by atoms with Gasteiger partial charge in [-0.05, 0) is 12.8 Å². The minimum atomic E-state index is -0.143. The van der Waals surface area contributed by atoms with Crippen LogP contribution < -0.4 is 11.1 Å². The number of hydrogen-bond acceptors (Lipinski definition) is 3. The van der Waals surface area contributed by atoms with E-state index in [2.05, 4.69) is 5.32 Å². The molecular formula is C11H15N3O2. The van der Waals surface area contributed by atoms with Crippen LogP contribution in [-0.2, 0) is 9.59 Å². The summed E-state index contributed by atoms with van der Waals surface area (Å²) in [5.41, 5.74) is 6.94. The van der Waals surface area contributed by atoms with E-state index in [-0.39, 0.29) is 24.8 Å². The van der Waals surface area contributed by atoms with Crippen LogP contribution in [0, 0.1) is 0 Å². The van der Waals surface area contributed by atoms with Gasteiger partial charge in [0.15, 0.2) is 0 Å². The van der Waals surface area contributed by atoms with Gasteiger partial charge in [0.25, 0.3) is 0 Å². The Balaban J connectivity index is 2.22. The molecule has 5 heteroatoms. The van der Waals surface area contributed by atoms with Crippen LogP contribution in [0.1, 0.15) is 19.3 Å². The molecule has 1 fully saturated rings. The summed E-state index contributed by atoms with van der Waals surface area (Å²) in [6, 6.07) is 0. The van der Waals surface area contributed by atoms with Gasteiger partial charge in [-0.15, -0.1) is 0 Å². The van der Waals surface area contributed by atoms with E-state index in [0.717, 1.165) is 24.2 Å². The molecule has 16 heavy (non-hydrogen) atoms. The van der Waals surface area contributed by atoms with E-state index >= 15 is 0 Å². The molecule has 0 saturated carbocycles. The second kappa shape index (κ2) is 4.49. The maximum Gasteiger partial charge on any atom is 0.244 e. The van der Waals surface area contributed by atoms with Crippen LogP contribution in [-0.4, -0.2) is 29.8 Å². The van der Waals surface area contributed by atoms with E-state index in [9.17, 15) is 9.59 Å². The molecule has 86 valence electrons. The molecule has 0 spiro atoms. The molecule has 2 amide bonds. The lowest BCUT2D eigenvalue weighted by molar-refractivity contribution is -0.135. The number of piperazine rings is 1. The average Bonchev–Trinajstić information content (AvgIpc) is 2.28. The summed E-state index contributed by atoms with van der Waals surface area (Å²) in [6.07, 6.45) is 6.02. The molecule has 5 nitrogen and oxygen atoms in total. The highest BCUT2D eigenvalue weighted by Crippen LogP contribution is 2.23. The number of rotatable bonds is 2. The van der Waals surface area contributed by atoms with E-state index in [1.807, 2.05) is 12.2 Å². The zero-order chi connectivity index (χ0) is 11.5. The molecule has 1 saturated heterocycles. The normalized spacial score (nSPS) is 19.6. The second-order valence-electron chi connectivity index (χ2n) is 3.85. The predicted molar refractivity (Wildman–Crippen MR) is 58.9 cm³/mol. The van der Waals surface area contributed by atoms with Crippen LogP contribution >= 0.6 is 0 Å². The minimum absolute atomic E-state index is 0.0867. The lowest BCUT2D eigenvalue weighted by Gasteiger charge is -2.33. The molecule has 0 atom stereocenters. The third-order valence-electron chi connectivity index (χ3n) is 2.65. The van der Waals surface area contributed by atoms with E-state index in [4.69, 9.17) is 5.73 Å². The fourth-order valence-electron chi connectivity index (χ4n) is 1.93. The van der Waals surface area contributed by atoms with Gasteiger partial charge in [0.1, 0.15) is 6.54 Å². The first-order chi connectivity index (χ1) is 7.72. The number of nitrogens with two attached hydrogens (primary N) is 1. The predicted octanol–water partition coefficient (Wildman–Crippen LogP) is -0.145. The molecule has 0 radical (unpaired) electrons. The van der Waals surface area contributed by atoms with Crippen molar-refractivity contribution >= 4 is 11.8 Å². The highest BCUT2D eigenvalue weighted by atomic mass is 16.2. The van der Waals surface area contributed by atoms with Crippen LogP contribution in [0.25, 0.3) is 0 Å². The number of nitrogens with zero attached hydrogens (tertiary/aromatic N) is 1. The maximum absolute atomic E-state index is 11.8. The molecule has 2 rings (SSSR count). The van der Waals surface area contributed by atoms with Gasteiger partial charge in [-0.1, -0.05) is 12.2 Å². The summed E-state index contributed by atoms with van der Waals surface area (Å²) in [4.78, 5) is 24.8. The Kier molecular flexibility index (Phi) is 3.05. The highest BCUT2D eigenvalue weighted by molar-refractivity contribution is 5.90. The van der Waals surface area contributed by atoms with Crippen molar-refractivity contribution in [3.05, 3.63) is 23.5 Å². The van der Waals surface area contributed by atoms with E-state index < -0.39 is 0 Å². The number of fused-ring (bicyclic) bond motifs is 1. The van der Waals surface area contributed by atoms with Gasteiger partial charge in [-0.25, -0.2) is 0 Å². The fourth-order valence-corrected chi connectivity index (χ4v) is 1.93. The SMILES string of the molecule is NCCC(=O)N1CC(=O)NC2=CCCC=C21. The van der Waals surface area contributed by atoms with Crippen LogP contribution in [0.3, 0.4) is 0 Å². The smallest absolute Gasteiger partial charge is 0.244 e. The summed E-state index contributed by atoms with van der Waals surface area (Å²) in [7, 11) is 0.